The second-order valence-corrected chi connectivity index (χ2v) is 7.28. The Hall–Kier alpha value is -2.18. The number of sulfonamides is 1. The molecule has 0 aliphatic carbocycles. The molecule has 0 aliphatic heterocycles. The Balaban J connectivity index is 1.50. The van der Waals surface area contributed by atoms with E-state index in [1.165, 1.54) is 6.39 Å². The highest BCUT2D eigenvalue weighted by Crippen LogP contribution is 2.14. The van der Waals surface area contributed by atoms with Gasteiger partial charge in [0.25, 0.3) is 0 Å². The van der Waals surface area contributed by atoms with E-state index in [0.717, 1.165) is 22.2 Å². The van der Waals surface area contributed by atoms with Crippen molar-refractivity contribution in [2.24, 2.45) is 0 Å². The first-order chi connectivity index (χ1) is 11.1. The number of benzene rings is 2. The maximum Gasteiger partial charge on any atom is 0.211 e. The van der Waals surface area contributed by atoms with Crippen LogP contribution >= 0.6 is 0 Å². The summed E-state index contributed by atoms with van der Waals surface area (Å²) in [6, 6.07) is 15.3. The quantitative estimate of drug-likeness (QED) is 0.722. The van der Waals surface area contributed by atoms with E-state index in [-0.39, 0.29) is 5.75 Å². The van der Waals surface area contributed by atoms with Gasteiger partial charge in [0.05, 0.1) is 5.75 Å². The molecular formula is C17H18N2O3S. The van der Waals surface area contributed by atoms with Crippen LogP contribution in [0.25, 0.3) is 11.1 Å². The SMILES string of the molecule is O=S(=O)(CCc1ccccc1)NCCc1ccc2ncoc2c1. The van der Waals surface area contributed by atoms with E-state index in [1.54, 1.807) is 0 Å². The molecule has 23 heavy (non-hydrogen) atoms. The number of aromatic nitrogens is 1. The summed E-state index contributed by atoms with van der Waals surface area (Å²) in [5, 5.41) is 0. The number of aryl methyl sites for hydroxylation is 1. The second kappa shape index (κ2) is 6.93. The first-order valence-electron chi connectivity index (χ1n) is 7.46. The lowest BCUT2D eigenvalue weighted by molar-refractivity contribution is 0.581. The third-order valence-electron chi connectivity index (χ3n) is 3.63. The maximum absolute atomic E-state index is 12.0. The van der Waals surface area contributed by atoms with Crippen molar-refractivity contribution >= 4 is 21.1 Å². The van der Waals surface area contributed by atoms with Gasteiger partial charge in [0.1, 0.15) is 5.52 Å². The Morgan fingerprint density at radius 2 is 1.83 bits per heavy atom. The first-order valence-corrected chi connectivity index (χ1v) is 9.11. The molecule has 0 bridgehead atoms. The topological polar surface area (TPSA) is 72.2 Å². The molecule has 2 aromatic carbocycles. The van der Waals surface area contributed by atoms with Crippen LogP contribution in [-0.4, -0.2) is 25.7 Å². The summed E-state index contributed by atoms with van der Waals surface area (Å²) in [6.45, 7) is 0.372. The Bertz CT molecular complexity index is 873. The molecule has 0 fully saturated rings. The molecule has 120 valence electrons. The fourth-order valence-electron chi connectivity index (χ4n) is 2.37. The highest BCUT2D eigenvalue weighted by molar-refractivity contribution is 7.89. The number of fused-ring (bicyclic) bond motifs is 1. The highest BCUT2D eigenvalue weighted by Gasteiger charge is 2.10. The molecule has 0 aliphatic rings. The van der Waals surface area contributed by atoms with E-state index >= 15 is 0 Å². The summed E-state index contributed by atoms with van der Waals surface area (Å²) in [5.41, 5.74) is 3.56. The standard InChI is InChI=1S/C17H18N2O3S/c20-23(21,11-9-14-4-2-1-3-5-14)19-10-8-15-6-7-16-17(12-15)22-13-18-16/h1-7,12-13,19H,8-11H2. The van der Waals surface area contributed by atoms with Gasteiger partial charge < -0.3 is 4.42 Å². The predicted octanol–water partition coefficient (Wildman–Crippen LogP) is 2.53. The molecule has 1 N–H and O–H groups in total. The van der Waals surface area contributed by atoms with Gasteiger partial charge in [-0.15, -0.1) is 0 Å². The smallest absolute Gasteiger partial charge is 0.211 e. The number of hydrogen-bond acceptors (Lipinski definition) is 4. The summed E-state index contributed by atoms with van der Waals surface area (Å²) >= 11 is 0. The molecule has 5 nitrogen and oxygen atoms in total. The summed E-state index contributed by atoms with van der Waals surface area (Å²) in [6.07, 6.45) is 2.53. The van der Waals surface area contributed by atoms with Crippen LogP contribution in [-0.2, 0) is 22.9 Å². The van der Waals surface area contributed by atoms with Crippen molar-refractivity contribution in [3.8, 4) is 0 Å². The summed E-state index contributed by atoms with van der Waals surface area (Å²) in [5.74, 6) is 0.0954. The molecule has 0 spiro atoms. The van der Waals surface area contributed by atoms with Gasteiger partial charge in [-0.1, -0.05) is 36.4 Å². The van der Waals surface area contributed by atoms with Crippen LogP contribution in [0, 0.1) is 0 Å². The Labute approximate surface area is 135 Å². The largest absolute Gasteiger partial charge is 0.443 e. The van der Waals surface area contributed by atoms with E-state index in [2.05, 4.69) is 9.71 Å². The van der Waals surface area contributed by atoms with Gasteiger partial charge in [-0.25, -0.2) is 18.1 Å². The van der Waals surface area contributed by atoms with Crippen LogP contribution < -0.4 is 4.72 Å². The number of nitrogens with zero attached hydrogens (tertiary/aromatic N) is 1. The zero-order valence-electron chi connectivity index (χ0n) is 12.6. The van der Waals surface area contributed by atoms with E-state index < -0.39 is 10.0 Å². The molecule has 0 amide bonds. The fourth-order valence-corrected chi connectivity index (χ4v) is 3.44. The van der Waals surface area contributed by atoms with Gasteiger partial charge >= 0.3 is 0 Å². The molecule has 0 unspecified atom stereocenters. The van der Waals surface area contributed by atoms with E-state index in [0.29, 0.717) is 19.4 Å². The van der Waals surface area contributed by atoms with Gasteiger partial charge in [-0.3, -0.25) is 0 Å². The minimum absolute atomic E-state index is 0.0954. The number of nitrogens with one attached hydrogen (secondary N) is 1. The lowest BCUT2D eigenvalue weighted by atomic mass is 10.1. The van der Waals surface area contributed by atoms with Crippen molar-refractivity contribution in [1.29, 1.82) is 0 Å². The number of rotatable bonds is 7. The second-order valence-electron chi connectivity index (χ2n) is 5.35. The van der Waals surface area contributed by atoms with Crippen LogP contribution in [0.2, 0.25) is 0 Å². The Kier molecular flexibility index (Phi) is 4.73. The molecule has 0 saturated heterocycles. The van der Waals surface area contributed by atoms with Crippen molar-refractivity contribution in [1.82, 2.24) is 9.71 Å². The molecule has 1 aromatic heterocycles. The van der Waals surface area contributed by atoms with Crippen LogP contribution in [0.4, 0.5) is 0 Å². The molecule has 0 saturated carbocycles. The fraction of sp³-hybridized carbons (Fsp3) is 0.235. The minimum Gasteiger partial charge on any atom is -0.443 e. The van der Waals surface area contributed by atoms with Crippen LogP contribution in [0.15, 0.2) is 59.3 Å². The van der Waals surface area contributed by atoms with Gasteiger partial charge in [0.2, 0.25) is 10.0 Å². The predicted molar refractivity (Wildman–Crippen MR) is 89.6 cm³/mol. The lowest BCUT2D eigenvalue weighted by Crippen LogP contribution is -2.29. The summed E-state index contributed by atoms with van der Waals surface area (Å²) in [7, 11) is -3.27. The Morgan fingerprint density at radius 1 is 1.00 bits per heavy atom. The zero-order chi connectivity index (χ0) is 16.1. The first kappa shape index (κ1) is 15.7. The molecule has 6 heteroatoms. The lowest BCUT2D eigenvalue weighted by Gasteiger charge is -2.07. The average molecular weight is 330 g/mol. The van der Waals surface area contributed by atoms with Crippen LogP contribution in [0.3, 0.4) is 0 Å². The van der Waals surface area contributed by atoms with Crippen LogP contribution in [0.5, 0.6) is 0 Å². The molecule has 3 rings (SSSR count). The third-order valence-corrected chi connectivity index (χ3v) is 5.02. The third kappa shape index (κ3) is 4.40. The maximum atomic E-state index is 12.0. The minimum atomic E-state index is -3.27. The summed E-state index contributed by atoms with van der Waals surface area (Å²) < 4.78 is 31.9. The summed E-state index contributed by atoms with van der Waals surface area (Å²) in [4.78, 5) is 4.05. The number of hydrogen-bond donors (Lipinski definition) is 1. The van der Waals surface area contributed by atoms with Gasteiger partial charge in [0, 0.05) is 6.54 Å². The van der Waals surface area contributed by atoms with Gasteiger partial charge in [0.15, 0.2) is 12.0 Å². The Morgan fingerprint density at radius 3 is 2.65 bits per heavy atom. The molecular weight excluding hydrogens is 312 g/mol. The molecule has 1 heterocycles. The van der Waals surface area contributed by atoms with E-state index in [4.69, 9.17) is 4.42 Å². The highest BCUT2D eigenvalue weighted by atomic mass is 32.2. The normalized spacial score (nSPS) is 11.8. The number of oxazole rings is 1. The van der Waals surface area contributed by atoms with Crippen molar-refractivity contribution < 1.29 is 12.8 Å². The molecule has 3 aromatic rings. The monoisotopic (exact) mass is 330 g/mol. The van der Waals surface area contributed by atoms with Gasteiger partial charge in [-0.05, 0) is 36.1 Å². The van der Waals surface area contributed by atoms with Crippen molar-refractivity contribution in [3.63, 3.8) is 0 Å². The van der Waals surface area contributed by atoms with Crippen LogP contribution in [0.1, 0.15) is 11.1 Å². The molecule has 0 radical (unpaired) electrons. The van der Waals surface area contributed by atoms with Crippen molar-refractivity contribution in [2.75, 3.05) is 12.3 Å². The zero-order valence-corrected chi connectivity index (χ0v) is 13.4. The van der Waals surface area contributed by atoms with Crippen molar-refractivity contribution in [3.05, 3.63) is 66.1 Å². The van der Waals surface area contributed by atoms with E-state index in [9.17, 15) is 8.42 Å². The average Bonchev–Trinajstić information content (AvgIpc) is 3.02. The van der Waals surface area contributed by atoms with Crippen molar-refractivity contribution in [2.45, 2.75) is 12.8 Å². The molecule has 0 atom stereocenters. The van der Waals surface area contributed by atoms with E-state index in [1.807, 2.05) is 48.5 Å². The van der Waals surface area contributed by atoms with Gasteiger partial charge in [-0.2, -0.15) is 0 Å².